The molecule has 0 aliphatic rings. The van der Waals surface area contributed by atoms with Crippen LogP contribution in [0.2, 0.25) is 5.02 Å². The molecule has 0 aliphatic heterocycles. The zero-order valence-corrected chi connectivity index (χ0v) is 16.2. The lowest BCUT2D eigenvalue weighted by atomic mass is 10.2. The summed E-state index contributed by atoms with van der Waals surface area (Å²) in [6, 6.07) is 6.49. The molecule has 0 saturated heterocycles. The van der Waals surface area contributed by atoms with Crippen LogP contribution in [0.5, 0.6) is 11.6 Å². The maximum absolute atomic E-state index is 14.5. The number of halogens is 4. The third-order valence-electron chi connectivity index (χ3n) is 3.47. The predicted molar refractivity (Wildman–Crippen MR) is 103 cm³/mol. The molecule has 0 unspecified atom stereocenters. The summed E-state index contributed by atoms with van der Waals surface area (Å²) < 4.78 is 33.5. The van der Waals surface area contributed by atoms with Crippen molar-refractivity contribution in [3.63, 3.8) is 0 Å². The van der Waals surface area contributed by atoms with Crippen LogP contribution < -0.4 is 10.1 Å². The Morgan fingerprint density at radius 3 is 2.66 bits per heavy atom. The zero-order chi connectivity index (χ0) is 20.1. The van der Waals surface area contributed by atoms with Crippen LogP contribution >= 0.6 is 24.0 Å². The highest BCUT2D eigenvalue weighted by Crippen LogP contribution is 2.28. The van der Waals surface area contributed by atoms with Crippen LogP contribution in [0, 0.1) is 11.6 Å². The minimum atomic E-state index is -0.998. The molecule has 2 heterocycles. The van der Waals surface area contributed by atoms with Crippen molar-refractivity contribution in [3.8, 4) is 23.0 Å². The Kier molecular flexibility index (Phi) is 7.77. The molecule has 152 valence electrons. The number of carboxylic acid groups (broad SMARTS) is 1. The van der Waals surface area contributed by atoms with Gasteiger partial charge in [0.1, 0.15) is 11.6 Å². The van der Waals surface area contributed by atoms with Crippen molar-refractivity contribution in [1.82, 2.24) is 20.3 Å². The maximum atomic E-state index is 14.5. The normalized spacial score (nSPS) is 10.3. The van der Waals surface area contributed by atoms with E-state index in [9.17, 15) is 13.6 Å². The monoisotopic (exact) mass is 442 g/mol. The average Bonchev–Trinajstić information content (AvgIpc) is 2.64. The van der Waals surface area contributed by atoms with Gasteiger partial charge in [0.25, 0.3) is 5.88 Å². The number of carboxylic acids is 1. The Bertz CT molecular complexity index is 1020. The molecule has 0 amide bonds. The summed E-state index contributed by atoms with van der Waals surface area (Å²) >= 11 is 5.63. The van der Waals surface area contributed by atoms with Gasteiger partial charge in [-0.2, -0.15) is 0 Å². The summed E-state index contributed by atoms with van der Waals surface area (Å²) in [5.41, 5.74) is 0.607. The van der Waals surface area contributed by atoms with E-state index < -0.39 is 17.6 Å². The summed E-state index contributed by atoms with van der Waals surface area (Å²) in [6.45, 7) is -0.0405. The Balaban J connectivity index is 0.00000300. The fourth-order valence-corrected chi connectivity index (χ4v) is 2.40. The van der Waals surface area contributed by atoms with Gasteiger partial charge in [-0.25, -0.2) is 23.7 Å². The largest absolute Gasteiger partial charge is 0.480 e. The van der Waals surface area contributed by atoms with E-state index >= 15 is 0 Å². The molecule has 11 heteroatoms. The summed E-state index contributed by atoms with van der Waals surface area (Å²) in [6.07, 6.45) is 2.65. The van der Waals surface area contributed by atoms with Gasteiger partial charge < -0.3 is 15.2 Å². The molecule has 0 atom stereocenters. The van der Waals surface area contributed by atoms with E-state index in [1.807, 2.05) is 0 Å². The lowest BCUT2D eigenvalue weighted by Gasteiger charge is -2.09. The molecule has 1 aromatic carbocycles. The lowest BCUT2D eigenvalue weighted by molar-refractivity contribution is -0.136. The average molecular weight is 443 g/mol. The zero-order valence-electron chi connectivity index (χ0n) is 14.6. The van der Waals surface area contributed by atoms with Gasteiger partial charge in [0.15, 0.2) is 11.6 Å². The molecule has 0 spiro atoms. The molecule has 3 aromatic rings. The highest BCUT2D eigenvalue weighted by Gasteiger charge is 2.13. The van der Waals surface area contributed by atoms with Crippen LogP contribution in [0.25, 0.3) is 11.4 Å². The van der Waals surface area contributed by atoms with Crippen LogP contribution in [0.15, 0.2) is 42.7 Å². The van der Waals surface area contributed by atoms with E-state index in [-0.39, 0.29) is 53.5 Å². The van der Waals surface area contributed by atoms with Gasteiger partial charge in [-0.15, -0.1) is 12.4 Å². The SMILES string of the molecule is Cl.O=C(O)CNCc1ccnc(-c2ccc(Oc3ncc(Cl)cc3F)cc2F)n1. The Morgan fingerprint density at radius 2 is 1.97 bits per heavy atom. The van der Waals surface area contributed by atoms with Crippen molar-refractivity contribution >= 4 is 30.0 Å². The van der Waals surface area contributed by atoms with Crippen molar-refractivity contribution in [1.29, 1.82) is 0 Å². The molecule has 29 heavy (non-hydrogen) atoms. The molecule has 0 radical (unpaired) electrons. The van der Waals surface area contributed by atoms with Gasteiger partial charge in [-0.3, -0.25) is 4.79 Å². The minimum absolute atomic E-state index is 0. The number of aliphatic carboxylic acids is 1. The van der Waals surface area contributed by atoms with Gasteiger partial charge in [0, 0.05) is 25.0 Å². The van der Waals surface area contributed by atoms with E-state index in [1.165, 1.54) is 24.5 Å². The number of benzene rings is 1. The van der Waals surface area contributed by atoms with Crippen LogP contribution in [-0.4, -0.2) is 32.6 Å². The van der Waals surface area contributed by atoms with E-state index in [0.29, 0.717) is 5.69 Å². The maximum Gasteiger partial charge on any atom is 0.317 e. The smallest absolute Gasteiger partial charge is 0.317 e. The van der Waals surface area contributed by atoms with E-state index in [0.717, 1.165) is 12.1 Å². The third-order valence-corrected chi connectivity index (χ3v) is 3.67. The van der Waals surface area contributed by atoms with Gasteiger partial charge in [-0.05, 0) is 24.3 Å². The first-order valence-electron chi connectivity index (χ1n) is 7.95. The molecule has 3 rings (SSSR count). The number of ether oxygens (including phenoxy) is 1. The standard InChI is InChI=1S/C18H13ClF2N4O3.ClH/c19-10-5-15(21)18(24-7-10)28-12-1-2-13(14(20)6-12)17-23-4-3-11(25-17)8-22-9-16(26)27;/h1-7,22H,8-9H2,(H,26,27);1H. The lowest BCUT2D eigenvalue weighted by Crippen LogP contribution is -2.22. The predicted octanol–water partition coefficient (Wildman–Crippen LogP) is 3.86. The summed E-state index contributed by atoms with van der Waals surface area (Å²) in [4.78, 5) is 22.5. The highest BCUT2D eigenvalue weighted by molar-refractivity contribution is 6.30. The van der Waals surface area contributed by atoms with Gasteiger partial charge >= 0.3 is 5.97 Å². The molecule has 0 bridgehead atoms. The van der Waals surface area contributed by atoms with Crippen molar-refractivity contribution in [2.24, 2.45) is 0 Å². The fourth-order valence-electron chi connectivity index (χ4n) is 2.25. The summed E-state index contributed by atoms with van der Waals surface area (Å²) in [5.74, 6) is -2.63. The first kappa shape index (κ1) is 22.4. The number of hydrogen-bond donors (Lipinski definition) is 2. The van der Waals surface area contributed by atoms with Crippen molar-refractivity contribution in [3.05, 3.63) is 65.1 Å². The quantitative estimate of drug-likeness (QED) is 0.573. The van der Waals surface area contributed by atoms with Gasteiger partial charge in [0.05, 0.1) is 22.8 Å². The molecule has 0 aliphatic carbocycles. The number of nitrogens with zero attached hydrogens (tertiary/aromatic N) is 3. The van der Waals surface area contributed by atoms with Crippen molar-refractivity contribution in [2.45, 2.75) is 6.54 Å². The first-order chi connectivity index (χ1) is 13.4. The molecular formula is C18H14Cl2F2N4O3. The van der Waals surface area contributed by atoms with Crippen molar-refractivity contribution < 1.29 is 23.4 Å². The van der Waals surface area contributed by atoms with E-state index in [1.54, 1.807) is 6.07 Å². The molecule has 0 saturated carbocycles. The number of carbonyl (C=O) groups is 1. The van der Waals surface area contributed by atoms with Gasteiger partial charge in [0.2, 0.25) is 0 Å². The topological polar surface area (TPSA) is 97.2 Å². The molecule has 7 nitrogen and oxygen atoms in total. The number of hydrogen-bond acceptors (Lipinski definition) is 6. The second-order valence-corrected chi connectivity index (χ2v) is 5.99. The molecule has 2 N–H and O–H groups in total. The number of nitrogens with one attached hydrogen (secondary N) is 1. The third kappa shape index (κ3) is 6.05. The number of pyridine rings is 1. The summed E-state index contributed by atoms with van der Waals surface area (Å²) in [5, 5.41) is 11.4. The van der Waals surface area contributed by atoms with Crippen LogP contribution in [0.3, 0.4) is 0 Å². The Labute approximate surface area is 175 Å². The summed E-state index contributed by atoms with van der Waals surface area (Å²) in [7, 11) is 0. The molecule has 2 aromatic heterocycles. The van der Waals surface area contributed by atoms with Crippen molar-refractivity contribution in [2.75, 3.05) is 6.54 Å². The molecule has 0 fully saturated rings. The second kappa shape index (κ2) is 10.1. The minimum Gasteiger partial charge on any atom is -0.480 e. The van der Waals surface area contributed by atoms with Gasteiger partial charge in [-0.1, -0.05) is 11.6 Å². The second-order valence-electron chi connectivity index (χ2n) is 5.55. The first-order valence-corrected chi connectivity index (χ1v) is 8.33. The van der Waals surface area contributed by atoms with Crippen LogP contribution in [0.4, 0.5) is 8.78 Å². The number of aromatic nitrogens is 3. The van der Waals surface area contributed by atoms with Crippen LogP contribution in [0.1, 0.15) is 5.69 Å². The number of rotatable bonds is 7. The molecular weight excluding hydrogens is 429 g/mol. The highest BCUT2D eigenvalue weighted by atomic mass is 35.5. The van der Waals surface area contributed by atoms with Crippen LogP contribution in [-0.2, 0) is 11.3 Å². The van der Waals surface area contributed by atoms with E-state index in [4.69, 9.17) is 21.4 Å². The Hall–Kier alpha value is -2.88. The fraction of sp³-hybridized carbons (Fsp3) is 0.111. The van der Waals surface area contributed by atoms with E-state index in [2.05, 4.69) is 20.3 Å². The Morgan fingerprint density at radius 1 is 1.17 bits per heavy atom.